The summed E-state index contributed by atoms with van der Waals surface area (Å²) in [6, 6.07) is 23.7. The molecule has 0 amide bonds. The van der Waals surface area contributed by atoms with Gasteiger partial charge in [0.25, 0.3) is 0 Å². The number of allylic oxidation sites excluding steroid dienone is 4. The third kappa shape index (κ3) is 6.16. The number of ether oxygens (including phenoxy) is 1. The number of methoxy groups -OCH3 is 1. The van der Waals surface area contributed by atoms with Gasteiger partial charge in [0.2, 0.25) is 0 Å². The van der Waals surface area contributed by atoms with E-state index in [0.29, 0.717) is 6.04 Å². The van der Waals surface area contributed by atoms with Crippen LogP contribution in [0.15, 0.2) is 91.0 Å². The highest BCUT2D eigenvalue weighted by Crippen LogP contribution is 2.38. The van der Waals surface area contributed by atoms with E-state index in [2.05, 4.69) is 79.6 Å². The highest BCUT2D eigenvalue weighted by Gasteiger charge is 2.21. The fraction of sp³-hybridized carbons (Fsp3) is 0.273. The van der Waals surface area contributed by atoms with Gasteiger partial charge in [0.15, 0.2) is 0 Å². The Morgan fingerprint density at radius 2 is 1.67 bits per heavy atom. The minimum absolute atomic E-state index is 0.545. The van der Waals surface area contributed by atoms with Crippen molar-refractivity contribution in [2.45, 2.75) is 45.6 Å². The second kappa shape index (κ2) is 11.9. The van der Waals surface area contributed by atoms with Crippen molar-refractivity contribution in [2.75, 3.05) is 19.5 Å². The largest absolute Gasteiger partial charge is 0.496 e. The zero-order valence-electron chi connectivity index (χ0n) is 22.0. The molecule has 3 heteroatoms. The lowest BCUT2D eigenvalue weighted by atomic mass is 9.89. The van der Waals surface area contributed by atoms with Gasteiger partial charge in [-0.05, 0) is 81.5 Å². The van der Waals surface area contributed by atoms with Gasteiger partial charge < -0.3 is 15.4 Å². The Kier molecular flexibility index (Phi) is 8.45. The normalized spacial score (nSPS) is 16.2. The van der Waals surface area contributed by atoms with E-state index in [4.69, 9.17) is 4.74 Å². The first-order chi connectivity index (χ1) is 17.5. The molecule has 3 aromatic carbocycles. The molecule has 3 nitrogen and oxygen atoms in total. The van der Waals surface area contributed by atoms with Crippen LogP contribution in [0.25, 0.3) is 11.3 Å². The average molecular weight is 479 g/mol. The highest BCUT2D eigenvalue weighted by molar-refractivity contribution is 5.87. The van der Waals surface area contributed by atoms with Crippen LogP contribution >= 0.6 is 0 Å². The third-order valence-electron chi connectivity index (χ3n) is 7.03. The fourth-order valence-corrected chi connectivity index (χ4v) is 4.91. The van der Waals surface area contributed by atoms with Crippen LogP contribution in [0.1, 0.15) is 47.6 Å². The van der Waals surface area contributed by atoms with E-state index in [0.717, 1.165) is 53.9 Å². The lowest BCUT2D eigenvalue weighted by Gasteiger charge is -2.21. The molecule has 0 heterocycles. The quantitative estimate of drug-likeness (QED) is 0.383. The van der Waals surface area contributed by atoms with Crippen molar-refractivity contribution < 1.29 is 4.74 Å². The molecule has 0 fully saturated rings. The van der Waals surface area contributed by atoms with Crippen molar-refractivity contribution in [3.63, 3.8) is 0 Å². The topological polar surface area (TPSA) is 33.3 Å². The molecule has 2 aliphatic carbocycles. The number of anilines is 1. The monoisotopic (exact) mass is 478 g/mol. The van der Waals surface area contributed by atoms with Crippen molar-refractivity contribution in [1.29, 1.82) is 0 Å². The van der Waals surface area contributed by atoms with Crippen LogP contribution in [-0.4, -0.2) is 20.2 Å². The summed E-state index contributed by atoms with van der Waals surface area (Å²) in [6.07, 6.45) is 8.73. The van der Waals surface area contributed by atoms with E-state index in [9.17, 15) is 0 Å². The summed E-state index contributed by atoms with van der Waals surface area (Å²) in [5, 5.41) is 6.94. The third-order valence-corrected chi connectivity index (χ3v) is 7.03. The predicted octanol–water partition coefficient (Wildman–Crippen LogP) is 7.58. The minimum Gasteiger partial charge on any atom is -0.496 e. The zero-order valence-corrected chi connectivity index (χ0v) is 22.0. The van der Waals surface area contributed by atoms with Crippen LogP contribution in [-0.2, 0) is 12.8 Å². The number of benzene rings is 3. The zero-order chi connectivity index (χ0) is 25.5. The predicted molar refractivity (Wildman–Crippen MR) is 154 cm³/mol. The number of fused-ring (bicyclic) bond motifs is 1. The molecule has 3 aromatic rings. The Labute approximate surface area is 216 Å². The summed E-state index contributed by atoms with van der Waals surface area (Å²) in [5.41, 5.74) is 11.1. The summed E-state index contributed by atoms with van der Waals surface area (Å²) in [6.45, 7) is 8.64. The molecular formula is C33H38N2O. The van der Waals surface area contributed by atoms with Crippen molar-refractivity contribution >= 4 is 17.0 Å². The van der Waals surface area contributed by atoms with Crippen molar-refractivity contribution in [3.8, 4) is 5.75 Å². The van der Waals surface area contributed by atoms with E-state index in [1.54, 1.807) is 7.11 Å². The van der Waals surface area contributed by atoms with E-state index in [1.165, 1.54) is 27.8 Å². The van der Waals surface area contributed by atoms with Crippen LogP contribution in [0.3, 0.4) is 0 Å². The Hall–Kier alpha value is -3.56. The molecular weight excluding hydrogens is 440 g/mol. The van der Waals surface area contributed by atoms with Gasteiger partial charge in [-0.3, -0.25) is 0 Å². The van der Waals surface area contributed by atoms with Crippen LogP contribution in [0, 0.1) is 6.92 Å². The summed E-state index contributed by atoms with van der Waals surface area (Å²) in [7, 11) is 3.78. The summed E-state index contributed by atoms with van der Waals surface area (Å²) >= 11 is 0. The lowest BCUT2D eigenvalue weighted by Crippen LogP contribution is -2.24. The van der Waals surface area contributed by atoms with Crippen molar-refractivity contribution in [1.82, 2.24) is 5.32 Å². The van der Waals surface area contributed by atoms with E-state index >= 15 is 0 Å². The fourth-order valence-electron chi connectivity index (χ4n) is 4.91. The van der Waals surface area contributed by atoms with Gasteiger partial charge in [-0.25, -0.2) is 0 Å². The van der Waals surface area contributed by atoms with Crippen LogP contribution in [0.4, 0.5) is 5.69 Å². The Morgan fingerprint density at radius 3 is 2.31 bits per heavy atom. The first kappa shape index (κ1) is 25.5. The van der Waals surface area contributed by atoms with Crippen LogP contribution < -0.4 is 15.4 Å². The highest BCUT2D eigenvalue weighted by atomic mass is 16.5. The number of nitrogens with one attached hydrogen (secondary N) is 2. The molecule has 0 saturated heterocycles. The molecule has 0 aliphatic heterocycles. The smallest absolute Gasteiger partial charge is 0.127 e. The van der Waals surface area contributed by atoms with Gasteiger partial charge >= 0.3 is 0 Å². The molecule has 0 aromatic heterocycles. The van der Waals surface area contributed by atoms with E-state index in [1.807, 2.05) is 37.4 Å². The molecule has 1 atom stereocenters. The number of aryl methyl sites for hydroxylation is 1. The van der Waals surface area contributed by atoms with Gasteiger partial charge in [-0.2, -0.15) is 0 Å². The van der Waals surface area contributed by atoms with Crippen LogP contribution in [0.5, 0.6) is 5.75 Å². The minimum atomic E-state index is 0.545. The molecule has 2 aliphatic rings. The number of rotatable bonds is 6. The number of hydrogen-bond acceptors (Lipinski definition) is 3. The second-order valence-electron chi connectivity index (χ2n) is 9.72. The average Bonchev–Trinajstić information content (AvgIpc) is 3.32. The SMILES string of the molecule is C=C(Nc1ccc2c(c1)CC(NC)C2)c1cccc(OC)c1C1=CC=C(C)CC1.Cc1ccccc1. The van der Waals surface area contributed by atoms with E-state index in [-0.39, 0.29) is 0 Å². The molecule has 0 bridgehead atoms. The van der Waals surface area contributed by atoms with E-state index < -0.39 is 0 Å². The summed E-state index contributed by atoms with van der Waals surface area (Å²) in [5.74, 6) is 0.899. The van der Waals surface area contributed by atoms with Gasteiger partial charge in [-0.15, -0.1) is 0 Å². The molecule has 1 unspecified atom stereocenters. The maximum absolute atomic E-state index is 5.71. The van der Waals surface area contributed by atoms with Crippen LogP contribution in [0.2, 0.25) is 0 Å². The maximum Gasteiger partial charge on any atom is 0.127 e. The molecule has 186 valence electrons. The van der Waals surface area contributed by atoms with Gasteiger partial charge in [0.05, 0.1) is 7.11 Å². The number of likely N-dealkylation sites (N-methyl/N-ethyl adjacent to an activating group) is 1. The maximum atomic E-state index is 5.71. The molecule has 36 heavy (non-hydrogen) atoms. The first-order valence-electron chi connectivity index (χ1n) is 12.8. The van der Waals surface area contributed by atoms with Gasteiger partial charge in [0.1, 0.15) is 5.75 Å². The summed E-state index contributed by atoms with van der Waals surface area (Å²) < 4.78 is 5.71. The van der Waals surface area contributed by atoms with Gasteiger partial charge in [-0.1, -0.05) is 78.4 Å². The van der Waals surface area contributed by atoms with Crippen molar-refractivity contribution in [2.24, 2.45) is 0 Å². The summed E-state index contributed by atoms with van der Waals surface area (Å²) in [4.78, 5) is 0. The Balaban J connectivity index is 0.000000375. The molecule has 0 radical (unpaired) electrons. The molecule has 0 saturated carbocycles. The lowest BCUT2D eigenvalue weighted by molar-refractivity contribution is 0.413. The molecule has 2 N–H and O–H groups in total. The Bertz CT molecular complexity index is 1270. The standard InChI is InChI=1S/C26H30N2O.C7H8/c1-17-8-10-19(11-9-17)26-24(6-5-7-25(26)29-4)18(2)28-22-13-12-20-14-23(27-3)16-21(20)15-22;1-7-5-3-2-4-6-7/h5-8,10,12-13,15,23,27-28H,2,9,11,14,16H2,1,3-4H3;2-6H,1H3. The van der Waals surface area contributed by atoms with Gasteiger partial charge in [0, 0.05) is 28.6 Å². The number of hydrogen-bond donors (Lipinski definition) is 2. The molecule has 5 rings (SSSR count). The second-order valence-corrected chi connectivity index (χ2v) is 9.72. The first-order valence-corrected chi connectivity index (χ1v) is 12.8. The Morgan fingerprint density at radius 1 is 0.889 bits per heavy atom. The molecule has 0 spiro atoms. The van der Waals surface area contributed by atoms with Crippen molar-refractivity contribution in [3.05, 3.63) is 119 Å².